The summed E-state index contributed by atoms with van der Waals surface area (Å²) in [5.41, 5.74) is 1.78. The standard InChI is InChI=1S/C19H22BrN3OS/c20-15-6-4-5-14(11-15)19(7-8-19)17(24)22-18-21-16(13-25-18)12-23-9-2-1-3-10-23/h4-6,11,13H,1-3,7-10,12H2,(H,21,22,24). The molecule has 1 saturated heterocycles. The fourth-order valence-corrected chi connectivity index (χ4v) is 4.65. The largest absolute Gasteiger partial charge is 0.301 e. The van der Waals surface area contributed by atoms with Crippen LogP contribution >= 0.6 is 27.3 Å². The minimum atomic E-state index is -0.373. The zero-order valence-corrected chi connectivity index (χ0v) is 16.5. The number of aromatic nitrogens is 1. The fourth-order valence-electron chi connectivity index (χ4n) is 3.56. The van der Waals surface area contributed by atoms with Crippen molar-refractivity contribution in [3.05, 3.63) is 45.4 Å². The molecule has 2 aromatic rings. The molecule has 6 heteroatoms. The number of benzene rings is 1. The molecule has 1 saturated carbocycles. The van der Waals surface area contributed by atoms with Crippen LogP contribution in [0.15, 0.2) is 34.1 Å². The topological polar surface area (TPSA) is 45.2 Å². The van der Waals surface area contributed by atoms with E-state index in [0.717, 1.165) is 53.3 Å². The van der Waals surface area contributed by atoms with Gasteiger partial charge < -0.3 is 5.32 Å². The summed E-state index contributed by atoms with van der Waals surface area (Å²) in [4.78, 5) is 19.9. The van der Waals surface area contributed by atoms with E-state index in [1.807, 2.05) is 18.2 Å². The first kappa shape index (κ1) is 17.2. The predicted octanol–water partition coefficient (Wildman–Crippen LogP) is 4.56. The lowest BCUT2D eigenvalue weighted by atomic mass is 9.95. The second kappa shape index (κ2) is 7.17. The lowest BCUT2D eigenvalue weighted by molar-refractivity contribution is -0.118. The van der Waals surface area contributed by atoms with E-state index in [1.54, 1.807) is 0 Å². The second-order valence-electron chi connectivity index (χ2n) is 7.03. The maximum Gasteiger partial charge on any atom is 0.236 e. The van der Waals surface area contributed by atoms with Crippen LogP contribution in [0.1, 0.15) is 43.4 Å². The highest BCUT2D eigenvalue weighted by Gasteiger charge is 2.51. The Morgan fingerprint density at radius 3 is 2.80 bits per heavy atom. The molecule has 0 unspecified atom stereocenters. The van der Waals surface area contributed by atoms with Gasteiger partial charge in [-0.1, -0.05) is 34.5 Å². The number of thiazole rings is 1. The molecule has 0 atom stereocenters. The van der Waals surface area contributed by atoms with Crippen LogP contribution in [0.5, 0.6) is 0 Å². The van der Waals surface area contributed by atoms with Gasteiger partial charge in [-0.3, -0.25) is 9.69 Å². The van der Waals surface area contributed by atoms with Gasteiger partial charge in [0.05, 0.1) is 11.1 Å². The fraction of sp³-hybridized carbons (Fsp3) is 0.474. The lowest BCUT2D eigenvalue weighted by Gasteiger charge is -2.25. The molecule has 0 spiro atoms. The van der Waals surface area contributed by atoms with Crippen LogP contribution in [0.3, 0.4) is 0 Å². The van der Waals surface area contributed by atoms with Crippen molar-refractivity contribution in [2.45, 2.75) is 44.1 Å². The van der Waals surface area contributed by atoms with Crippen LogP contribution in [-0.2, 0) is 16.8 Å². The number of nitrogens with one attached hydrogen (secondary N) is 1. The van der Waals surface area contributed by atoms with Gasteiger partial charge in [0, 0.05) is 16.4 Å². The van der Waals surface area contributed by atoms with Crippen molar-refractivity contribution in [2.24, 2.45) is 0 Å². The smallest absolute Gasteiger partial charge is 0.236 e. The second-order valence-corrected chi connectivity index (χ2v) is 8.80. The number of nitrogens with zero attached hydrogens (tertiary/aromatic N) is 2. The molecule has 4 nitrogen and oxygen atoms in total. The summed E-state index contributed by atoms with van der Waals surface area (Å²) < 4.78 is 1.02. The third-order valence-corrected chi connectivity index (χ3v) is 6.47. The number of rotatable bonds is 5. The van der Waals surface area contributed by atoms with Crippen molar-refractivity contribution in [3.8, 4) is 0 Å². The SMILES string of the molecule is O=C(Nc1nc(CN2CCCCC2)cs1)C1(c2cccc(Br)c2)CC1. The summed E-state index contributed by atoms with van der Waals surface area (Å²) in [5.74, 6) is 0.0736. The molecular formula is C19H22BrN3OS. The number of carbonyl (C=O) groups excluding carboxylic acids is 1. The van der Waals surface area contributed by atoms with E-state index in [9.17, 15) is 4.79 Å². The van der Waals surface area contributed by atoms with Crippen LogP contribution in [0, 0.1) is 0 Å². The Balaban J connectivity index is 1.41. The van der Waals surface area contributed by atoms with Crippen molar-refractivity contribution >= 4 is 38.3 Å². The van der Waals surface area contributed by atoms with Gasteiger partial charge in [-0.25, -0.2) is 4.98 Å². The van der Waals surface area contributed by atoms with Crippen LogP contribution in [0.4, 0.5) is 5.13 Å². The van der Waals surface area contributed by atoms with E-state index >= 15 is 0 Å². The summed E-state index contributed by atoms with van der Waals surface area (Å²) >= 11 is 5.03. The van der Waals surface area contributed by atoms with Gasteiger partial charge in [0.15, 0.2) is 5.13 Å². The molecule has 1 aromatic heterocycles. The van der Waals surface area contributed by atoms with Gasteiger partial charge in [0.2, 0.25) is 5.91 Å². The molecule has 1 aliphatic carbocycles. The Bertz CT molecular complexity index is 766. The van der Waals surface area contributed by atoms with E-state index in [-0.39, 0.29) is 11.3 Å². The highest BCUT2D eigenvalue weighted by Crippen LogP contribution is 2.49. The Kier molecular flexibility index (Phi) is 4.93. The molecule has 132 valence electrons. The van der Waals surface area contributed by atoms with Gasteiger partial charge in [-0.05, 0) is 56.5 Å². The van der Waals surface area contributed by atoms with Gasteiger partial charge >= 0.3 is 0 Å². The maximum absolute atomic E-state index is 12.8. The normalized spacial score (nSPS) is 19.6. The third kappa shape index (κ3) is 3.81. The first-order valence-corrected chi connectivity index (χ1v) is 10.6. The highest BCUT2D eigenvalue weighted by molar-refractivity contribution is 9.10. The first-order chi connectivity index (χ1) is 12.2. The van der Waals surface area contributed by atoms with Crippen LogP contribution in [-0.4, -0.2) is 28.9 Å². The zero-order valence-electron chi connectivity index (χ0n) is 14.1. The number of piperidine rings is 1. The quantitative estimate of drug-likeness (QED) is 0.771. The number of hydrogen-bond acceptors (Lipinski definition) is 4. The molecule has 25 heavy (non-hydrogen) atoms. The Morgan fingerprint density at radius 1 is 1.28 bits per heavy atom. The molecule has 0 radical (unpaired) electrons. The number of likely N-dealkylation sites (tertiary alicyclic amines) is 1. The van der Waals surface area contributed by atoms with Gasteiger partial charge in [-0.15, -0.1) is 11.3 Å². The van der Waals surface area contributed by atoms with Crippen molar-refractivity contribution in [1.29, 1.82) is 0 Å². The molecular weight excluding hydrogens is 398 g/mol. The zero-order chi connectivity index (χ0) is 17.3. The number of carbonyl (C=O) groups is 1. The van der Waals surface area contributed by atoms with E-state index in [0.29, 0.717) is 0 Å². The average Bonchev–Trinajstić information content (AvgIpc) is 3.33. The summed E-state index contributed by atoms with van der Waals surface area (Å²) in [7, 11) is 0. The van der Waals surface area contributed by atoms with Gasteiger partial charge in [0.25, 0.3) is 0 Å². The van der Waals surface area contributed by atoms with Crippen LogP contribution in [0.25, 0.3) is 0 Å². The minimum Gasteiger partial charge on any atom is -0.301 e. The molecule has 1 aromatic carbocycles. The summed E-state index contributed by atoms with van der Waals surface area (Å²) in [6.45, 7) is 3.21. The maximum atomic E-state index is 12.8. The van der Waals surface area contributed by atoms with Crippen molar-refractivity contribution in [3.63, 3.8) is 0 Å². The molecule has 2 fully saturated rings. The monoisotopic (exact) mass is 419 g/mol. The molecule has 2 heterocycles. The van der Waals surface area contributed by atoms with Crippen molar-refractivity contribution < 1.29 is 4.79 Å². The number of anilines is 1. The van der Waals surface area contributed by atoms with E-state index < -0.39 is 0 Å². The van der Waals surface area contributed by atoms with Gasteiger partial charge in [-0.2, -0.15) is 0 Å². The lowest BCUT2D eigenvalue weighted by Crippen LogP contribution is -2.29. The van der Waals surface area contributed by atoms with E-state index in [2.05, 4.69) is 42.6 Å². The molecule has 1 amide bonds. The third-order valence-electron chi connectivity index (χ3n) is 5.17. The van der Waals surface area contributed by atoms with Gasteiger partial charge in [0.1, 0.15) is 0 Å². The van der Waals surface area contributed by atoms with Crippen LogP contribution in [0.2, 0.25) is 0 Å². The predicted molar refractivity (Wildman–Crippen MR) is 105 cm³/mol. The number of halogens is 1. The Labute approximate surface area is 160 Å². The summed E-state index contributed by atoms with van der Waals surface area (Å²) in [5, 5.41) is 5.85. The summed E-state index contributed by atoms with van der Waals surface area (Å²) in [6, 6.07) is 8.08. The number of hydrogen-bond donors (Lipinski definition) is 1. The molecule has 1 N–H and O–H groups in total. The Hall–Kier alpha value is -1.24. The van der Waals surface area contributed by atoms with E-state index in [4.69, 9.17) is 0 Å². The number of amides is 1. The molecule has 0 bridgehead atoms. The first-order valence-electron chi connectivity index (χ1n) is 8.90. The minimum absolute atomic E-state index is 0.0736. The van der Waals surface area contributed by atoms with Crippen molar-refractivity contribution in [2.75, 3.05) is 18.4 Å². The van der Waals surface area contributed by atoms with Crippen molar-refractivity contribution in [1.82, 2.24) is 9.88 Å². The molecule has 2 aliphatic rings. The van der Waals surface area contributed by atoms with Crippen LogP contribution < -0.4 is 5.32 Å². The Morgan fingerprint density at radius 2 is 2.08 bits per heavy atom. The molecule has 1 aliphatic heterocycles. The summed E-state index contributed by atoms with van der Waals surface area (Å²) in [6.07, 6.45) is 5.71. The molecule has 4 rings (SSSR count). The highest BCUT2D eigenvalue weighted by atomic mass is 79.9. The van der Waals surface area contributed by atoms with E-state index in [1.165, 1.54) is 30.6 Å². The average molecular weight is 420 g/mol.